The summed E-state index contributed by atoms with van der Waals surface area (Å²) < 4.78 is 72.2. The molecule has 2 aromatic carbocycles. The van der Waals surface area contributed by atoms with Crippen LogP contribution in [0.15, 0.2) is 48.6 Å². The van der Waals surface area contributed by atoms with Crippen LogP contribution in [0.3, 0.4) is 0 Å². The van der Waals surface area contributed by atoms with Gasteiger partial charge in [0.05, 0.1) is 17.5 Å². The number of aryl methyl sites for hydroxylation is 1. The van der Waals surface area contributed by atoms with Gasteiger partial charge in [0.15, 0.2) is 0 Å². The second-order valence-corrected chi connectivity index (χ2v) is 19.9. The molecule has 3 fully saturated rings. The highest BCUT2D eigenvalue weighted by Crippen LogP contribution is 2.49. The third kappa shape index (κ3) is 7.55. The van der Waals surface area contributed by atoms with Gasteiger partial charge in [0.25, 0.3) is 11.8 Å². The number of alkyl halides is 2. The van der Waals surface area contributed by atoms with E-state index in [4.69, 9.17) is 21.1 Å². The van der Waals surface area contributed by atoms with E-state index in [0.29, 0.717) is 56.5 Å². The zero-order chi connectivity index (χ0) is 38.8. The number of carbonyl (C=O) groups is 1. The Kier molecular flexibility index (Phi) is 10.6. The Morgan fingerprint density at radius 1 is 1.05 bits per heavy atom. The van der Waals surface area contributed by atoms with Crippen LogP contribution in [0.4, 0.5) is 14.5 Å². The smallest absolute Gasteiger partial charge is 0.264 e. The number of sulfonamides is 1. The van der Waals surface area contributed by atoms with Gasteiger partial charge < -0.3 is 14.4 Å². The number of nitrogens with one attached hydrogen (secondary N) is 1. The van der Waals surface area contributed by atoms with Gasteiger partial charge in [-0.2, -0.15) is 0 Å². The molecule has 13 heteroatoms. The lowest BCUT2D eigenvalue weighted by Crippen LogP contribution is -2.62. The highest BCUT2D eigenvalue weighted by molar-refractivity contribution is 7.90. The van der Waals surface area contributed by atoms with E-state index >= 15 is 0 Å². The zero-order valence-corrected chi connectivity index (χ0v) is 33.8. The van der Waals surface area contributed by atoms with Crippen LogP contribution in [0.1, 0.15) is 80.3 Å². The van der Waals surface area contributed by atoms with E-state index < -0.39 is 32.7 Å². The van der Waals surface area contributed by atoms with Gasteiger partial charge in [0.1, 0.15) is 11.4 Å². The van der Waals surface area contributed by atoms with E-state index in [9.17, 15) is 22.0 Å². The first kappa shape index (κ1) is 39.1. The van der Waals surface area contributed by atoms with Gasteiger partial charge in [-0.05, 0) is 105 Å². The summed E-state index contributed by atoms with van der Waals surface area (Å²) >= 11 is 6.49. The largest absolute Gasteiger partial charge is 0.490 e. The first-order chi connectivity index (χ1) is 26.2. The molecule has 2 saturated heterocycles. The van der Waals surface area contributed by atoms with E-state index in [0.717, 1.165) is 50.9 Å². The number of methoxy groups -OCH3 is 1. The summed E-state index contributed by atoms with van der Waals surface area (Å²) in [4.78, 5) is 20.6. The summed E-state index contributed by atoms with van der Waals surface area (Å²) in [6, 6.07) is 11.2. The number of nitrogens with zero attached hydrogens (tertiary/aromatic N) is 3. The number of benzene rings is 2. The molecule has 0 radical (unpaired) electrons. The summed E-state index contributed by atoms with van der Waals surface area (Å²) in [6.45, 7) is 8.40. The number of piperazine rings is 1. The van der Waals surface area contributed by atoms with Crippen molar-refractivity contribution in [1.82, 2.24) is 14.5 Å². The van der Waals surface area contributed by atoms with Crippen molar-refractivity contribution in [2.75, 3.05) is 64.4 Å². The van der Waals surface area contributed by atoms with Crippen molar-refractivity contribution in [2.45, 2.75) is 93.4 Å². The number of allylic oxidation sites excluding steroid dienone is 1. The van der Waals surface area contributed by atoms with E-state index in [-0.39, 0.29) is 47.6 Å². The lowest BCUT2D eigenvalue weighted by Gasteiger charge is -2.53. The number of anilines is 1. The van der Waals surface area contributed by atoms with Crippen molar-refractivity contribution in [2.24, 2.45) is 17.8 Å². The molecule has 1 spiro atoms. The summed E-state index contributed by atoms with van der Waals surface area (Å²) in [5.41, 5.74) is 2.47. The molecule has 2 aliphatic carbocycles. The molecular formula is C42H55ClF2N4O5S. The first-order valence-electron chi connectivity index (χ1n) is 20.1. The Hall–Kier alpha value is -2.77. The minimum absolute atomic E-state index is 0.0826. The monoisotopic (exact) mass is 800 g/mol. The van der Waals surface area contributed by atoms with Crippen molar-refractivity contribution in [3.8, 4) is 5.75 Å². The summed E-state index contributed by atoms with van der Waals surface area (Å²) in [5.74, 6) is -2.59. The fourth-order valence-electron chi connectivity index (χ4n) is 10.5. The minimum Gasteiger partial charge on any atom is -0.490 e. The molecule has 1 saturated carbocycles. The predicted octanol–water partition coefficient (Wildman–Crippen LogP) is 6.68. The maximum absolute atomic E-state index is 14.6. The number of rotatable bonds is 3. The van der Waals surface area contributed by atoms with Gasteiger partial charge in [-0.1, -0.05) is 36.7 Å². The van der Waals surface area contributed by atoms with Gasteiger partial charge in [-0.25, -0.2) is 21.9 Å². The van der Waals surface area contributed by atoms with Gasteiger partial charge >= 0.3 is 0 Å². The Balaban J connectivity index is 1.18. The van der Waals surface area contributed by atoms with E-state index in [1.165, 1.54) is 11.1 Å². The van der Waals surface area contributed by atoms with E-state index in [1.54, 1.807) is 32.2 Å². The van der Waals surface area contributed by atoms with E-state index in [2.05, 4.69) is 37.6 Å². The average Bonchev–Trinajstić information content (AvgIpc) is 3.28. The van der Waals surface area contributed by atoms with E-state index in [1.807, 2.05) is 19.1 Å². The van der Waals surface area contributed by atoms with Crippen LogP contribution in [0.25, 0.3) is 0 Å². The summed E-state index contributed by atoms with van der Waals surface area (Å²) in [6.07, 6.45) is 9.25. The normalized spacial score (nSPS) is 35.6. The highest BCUT2D eigenvalue weighted by Gasteiger charge is 2.51. The lowest BCUT2D eigenvalue weighted by atomic mass is 9.63. The minimum atomic E-state index is -4.02. The number of ether oxygens (including phenoxy) is 2. The Morgan fingerprint density at radius 3 is 2.67 bits per heavy atom. The van der Waals surface area contributed by atoms with Crippen LogP contribution in [0, 0.1) is 17.8 Å². The summed E-state index contributed by atoms with van der Waals surface area (Å²) in [7, 11) is -2.26. The van der Waals surface area contributed by atoms with Crippen molar-refractivity contribution in [3.63, 3.8) is 0 Å². The lowest BCUT2D eigenvalue weighted by molar-refractivity contribution is -0.119. The van der Waals surface area contributed by atoms with Crippen LogP contribution >= 0.6 is 11.6 Å². The molecule has 300 valence electrons. The quantitative estimate of drug-likeness (QED) is 0.344. The van der Waals surface area contributed by atoms with Crippen molar-refractivity contribution in [1.29, 1.82) is 0 Å². The maximum atomic E-state index is 14.6. The third-order valence-corrected chi connectivity index (χ3v) is 16.2. The predicted molar refractivity (Wildman–Crippen MR) is 211 cm³/mol. The van der Waals surface area contributed by atoms with Gasteiger partial charge in [-0.3, -0.25) is 14.6 Å². The topological polar surface area (TPSA) is 91.4 Å². The third-order valence-electron chi connectivity index (χ3n) is 14.1. The molecule has 4 aliphatic heterocycles. The second kappa shape index (κ2) is 14.9. The van der Waals surface area contributed by atoms with Crippen molar-refractivity contribution < 1.29 is 31.5 Å². The number of piperidine rings is 1. The highest BCUT2D eigenvalue weighted by atomic mass is 35.5. The fraction of sp³-hybridized carbons (Fsp3) is 0.643. The molecule has 9 nitrogen and oxygen atoms in total. The van der Waals surface area contributed by atoms with Crippen LogP contribution in [-0.2, 0) is 26.6 Å². The van der Waals surface area contributed by atoms with Crippen molar-refractivity contribution >= 4 is 33.2 Å². The molecule has 8 rings (SSSR count). The SMILES string of the molecule is CO[C@]1(CN2CCN3CCC(F)(F)C[C@H]3C2)/C=C/C[C@H](C)[C@@H](C)S(=O)(=O)NC(=O)c2ccc3c(c2)N(C[C@@H]2CC[C@H]21)C[C@@]1(CCCc2cc(Cl)ccc21)CO3. The zero-order valence-electron chi connectivity index (χ0n) is 32.2. The first-order valence-corrected chi connectivity index (χ1v) is 22.1. The molecule has 0 aromatic heterocycles. The Morgan fingerprint density at radius 2 is 1.89 bits per heavy atom. The van der Waals surface area contributed by atoms with Crippen molar-refractivity contribution in [3.05, 3.63) is 70.3 Å². The van der Waals surface area contributed by atoms with Gasteiger partial charge in [0.2, 0.25) is 10.0 Å². The number of fused-ring (bicyclic) bond motifs is 5. The number of hydrogen-bond donors (Lipinski definition) is 1. The standard InChI is InChI=1S/C42H55ClF2N4O5S/c1-28-6-4-15-41(53-3,26-47-18-19-48-17-16-42(44,45)22-34(48)24-47)36-11-8-32(36)23-49-25-40(14-5-7-30-20-33(43)10-12-35(30)40)27-54-38-13-9-31(21-37(38)49)39(50)46-55(51,52)29(28)2/h4,9-10,12-13,15,20-21,28-29,32,34,36H,5-8,11,14,16-19,22-27H2,1-3H3,(H,46,50)/b15-4+/t28-,29+,32-,34-,36+,40-,41-/m0/s1. The molecule has 4 heterocycles. The second-order valence-electron chi connectivity index (χ2n) is 17.4. The molecular weight excluding hydrogens is 746 g/mol. The molecule has 7 atom stereocenters. The van der Waals surface area contributed by atoms with Gasteiger partial charge in [-0.15, -0.1) is 0 Å². The Labute approximate surface area is 329 Å². The molecule has 0 unspecified atom stereocenters. The molecule has 2 bridgehead atoms. The van der Waals surface area contributed by atoms with Crippen LogP contribution < -0.4 is 14.4 Å². The number of amides is 1. The van der Waals surface area contributed by atoms with Crippen LogP contribution in [0.2, 0.25) is 5.02 Å². The maximum Gasteiger partial charge on any atom is 0.264 e. The molecule has 6 aliphatic rings. The molecule has 2 aromatic rings. The molecule has 55 heavy (non-hydrogen) atoms. The molecule has 1 amide bonds. The van der Waals surface area contributed by atoms with Gasteiger partial charge in [0, 0.05) is 87.8 Å². The van der Waals surface area contributed by atoms with Crippen LogP contribution in [-0.4, -0.2) is 106 Å². The number of carbonyl (C=O) groups excluding carboxylic acids is 1. The average molecular weight is 801 g/mol. The summed E-state index contributed by atoms with van der Waals surface area (Å²) in [5, 5.41) is -0.128. The Bertz CT molecular complexity index is 1930. The number of halogens is 3. The van der Waals surface area contributed by atoms with Crippen LogP contribution in [0.5, 0.6) is 5.75 Å². The fourth-order valence-corrected chi connectivity index (χ4v) is 12.0. The molecule has 1 N–H and O–H groups in total. The number of hydrogen-bond acceptors (Lipinski definition) is 8.